The maximum absolute atomic E-state index is 13.9. The molecule has 0 saturated heterocycles. The highest BCUT2D eigenvalue weighted by Crippen LogP contribution is 2.32. The Morgan fingerprint density at radius 3 is 2.65 bits per heavy atom. The molecule has 0 spiro atoms. The molecule has 0 aliphatic carbocycles. The molecule has 1 atom stereocenters. The zero-order valence-electron chi connectivity index (χ0n) is 20.0. The van der Waals surface area contributed by atoms with Crippen LogP contribution in [-0.2, 0) is 11.3 Å². The first-order valence-electron chi connectivity index (χ1n) is 11.6. The summed E-state index contributed by atoms with van der Waals surface area (Å²) in [4.78, 5) is 2.14. The Kier molecular flexibility index (Phi) is 9.89. The van der Waals surface area contributed by atoms with E-state index < -0.39 is 6.10 Å². The van der Waals surface area contributed by atoms with Gasteiger partial charge in [0.25, 0.3) is 0 Å². The average Bonchev–Trinajstić information content (AvgIpc) is 3.11. The Morgan fingerprint density at radius 2 is 1.97 bits per heavy atom. The van der Waals surface area contributed by atoms with Crippen LogP contribution in [0.25, 0.3) is 5.69 Å². The number of aliphatic hydroxyl groups is 1. The van der Waals surface area contributed by atoms with Crippen molar-refractivity contribution in [3.8, 4) is 17.3 Å². The number of aryl methyl sites for hydroxylation is 1. The van der Waals surface area contributed by atoms with E-state index in [-0.39, 0.29) is 5.82 Å². The largest absolute Gasteiger partial charge is 0.438 e. The molecule has 3 rings (SSSR count). The summed E-state index contributed by atoms with van der Waals surface area (Å²) in [6.07, 6.45) is 2.32. The number of aromatic nitrogens is 2. The van der Waals surface area contributed by atoms with E-state index in [4.69, 9.17) is 26.2 Å². The summed E-state index contributed by atoms with van der Waals surface area (Å²) >= 11 is 6.08. The first-order valence-corrected chi connectivity index (χ1v) is 12.0. The number of rotatable bonds is 13. The van der Waals surface area contributed by atoms with E-state index in [1.165, 1.54) is 12.1 Å². The molecule has 1 heterocycles. The molecule has 1 unspecified atom stereocenters. The minimum absolute atomic E-state index is 0.378. The van der Waals surface area contributed by atoms with Crippen LogP contribution in [0.3, 0.4) is 0 Å². The lowest BCUT2D eigenvalue weighted by atomic mass is 10.1. The van der Waals surface area contributed by atoms with Gasteiger partial charge in [-0.15, -0.1) is 0 Å². The number of aliphatic hydroxyl groups excluding tert-OH is 1. The van der Waals surface area contributed by atoms with E-state index in [9.17, 15) is 9.50 Å². The van der Waals surface area contributed by atoms with Gasteiger partial charge in [-0.3, -0.25) is 4.90 Å². The molecule has 0 aliphatic heterocycles. The van der Waals surface area contributed by atoms with Crippen molar-refractivity contribution in [1.82, 2.24) is 14.7 Å². The van der Waals surface area contributed by atoms with Crippen LogP contribution in [0.5, 0.6) is 11.6 Å². The van der Waals surface area contributed by atoms with Crippen LogP contribution < -0.4 is 4.74 Å². The van der Waals surface area contributed by atoms with Crippen molar-refractivity contribution in [1.29, 1.82) is 0 Å². The van der Waals surface area contributed by atoms with Crippen molar-refractivity contribution in [3.05, 3.63) is 70.6 Å². The van der Waals surface area contributed by atoms with Crippen molar-refractivity contribution in [2.75, 3.05) is 26.8 Å². The van der Waals surface area contributed by atoms with Gasteiger partial charge in [0.1, 0.15) is 11.6 Å². The SMILES string of the molecule is CCCCC(O)CN(CCOC)Cc1c(C)nn(-c2ccc(Cl)cc2)c1Oc1cccc(F)c1. The lowest BCUT2D eigenvalue weighted by Crippen LogP contribution is -2.34. The Bertz CT molecular complexity index is 1040. The molecule has 0 bridgehead atoms. The quantitative estimate of drug-likeness (QED) is 0.330. The van der Waals surface area contributed by atoms with E-state index in [0.29, 0.717) is 42.9 Å². The second kappa shape index (κ2) is 12.9. The molecule has 1 N–H and O–H groups in total. The van der Waals surface area contributed by atoms with Gasteiger partial charge in [0.15, 0.2) is 0 Å². The van der Waals surface area contributed by atoms with Gasteiger partial charge < -0.3 is 14.6 Å². The molecule has 184 valence electrons. The molecule has 0 aliphatic rings. The van der Waals surface area contributed by atoms with Crippen molar-refractivity contribution in [2.24, 2.45) is 0 Å². The second-order valence-electron chi connectivity index (χ2n) is 8.34. The summed E-state index contributed by atoms with van der Waals surface area (Å²) < 4.78 is 27.1. The molecule has 0 saturated carbocycles. The van der Waals surface area contributed by atoms with Crippen molar-refractivity contribution in [3.63, 3.8) is 0 Å². The van der Waals surface area contributed by atoms with Gasteiger partial charge in [0.2, 0.25) is 5.88 Å². The molecule has 3 aromatic rings. The molecular weight excluding hydrogens is 457 g/mol. The molecule has 1 aromatic heterocycles. The number of hydrogen-bond donors (Lipinski definition) is 1. The predicted molar refractivity (Wildman–Crippen MR) is 132 cm³/mol. The van der Waals surface area contributed by atoms with Gasteiger partial charge >= 0.3 is 0 Å². The Hall–Kier alpha value is -2.45. The molecule has 2 aromatic carbocycles. The molecule has 34 heavy (non-hydrogen) atoms. The van der Waals surface area contributed by atoms with Gasteiger partial charge in [0, 0.05) is 37.8 Å². The van der Waals surface area contributed by atoms with Crippen LogP contribution in [-0.4, -0.2) is 52.7 Å². The number of nitrogens with zero attached hydrogens (tertiary/aromatic N) is 3. The first-order chi connectivity index (χ1) is 16.4. The molecule has 0 radical (unpaired) electrons. The third kappa shape index (κ3) is 7.27. The molecule has 0 amide bonds. The number of halogens is 2. The van der Waals surface area contributed by atoms with Gasteiger partial charge in [-0.1, -0.05) is 37.4 Å². The molecule has 0 fully saturated rings. The summed E-state index contributed by atoms with van der Waals surface area (Å²) in [7, 11) is 1.66. The minimum atomic E-state index is -0.434. The number of hydrogen-bond acceptors (Lipinski definition) is 5. The zero-order chi connectivity index (χ0) is 24.5. The van der Waals surface area contributed by atoms with Crippen LogP contribution in [0.15, 0.2) is 48.5 Å². The fourth-order valence-electron chi connectivity index (χ4n) is 3.73. The summed E-state index contributed by atoms with van der Waals surface area (Å²) in [6, 6.07) is 13.3. The van der Waals surface area contributed by atoms with Gasteiger partial charge in [0.05, 0.1) is 29.7 Å². The predicted octanol–water partition coefficient (Wildman–Crippen LogP) is 5.77. The van der Waals surface area contributed by atoms with E-state index >= 15 is 0 Å². The molecule has 8 heteroatoms. The molecular formula is C26H33ClFN3O3. The number of ether oxygens (including phenoxy) is 2. The van der Waals surface area contributed by atoms with E-state index in [1.807, 2.05) is 19.1 Å². The Morgan fingerprint density at radius 1 is 1.21 bits per heavy atom. The number of unbranched alkanes of at least 4 members (excludes halogenated alkanes) is 1. The third-order valence-corrected chi connectivity index (χ3v) is 5.82. The fourth-order valence-corrected chi connectivity index (χ4v) is 3.86. The number of methoxy groups -OCH3 is 1. The van der Waals surface area contributed by atoms with Gasteiger partial charge in [-0.25, -0.2) is 9.07 Å². The lowest BCUT2D eigenvalue weighted by molar-refractivity contribution is 0.0786. The summed E-state index contributed by atoms with van der Waals surface area (Å²) in [6.45, 7) is 6.21. The minimum Gasteiger partial charge on any atom is -0.438 e. The highest BCUT2D eigenvalue weighted by atomic mass is 35.5. The maximum Gasteiger partial charge on any atom is 0.227 e. The standard InChI is InChI=1S/C26H33ClFN3O3/c1-4-5-8-23(32)17-30(14-15-33-3)18-25-19(2)29-31(22-12-10-20(27)11-13-22)26(25)34-24-9-6-7-21(28)16-24/h6-7,9-13,16,23,32H,4-5,8,14-15,17-18H2,1-3H3. The van der Waals surface area contributed by atoms with Gasteiger partial charge in [-0.2, -0.15) is 5.10 Å². The first kappa shape index (κ1) is 26.2. The van der Waals surface area contributed by atoms with Crippen molar-refractivity contribution >= 4 is 11.6 Å². The van der Waals surface area contributed by atoms with Crippen molar-refractivity contribution in [2.45, 2.75) is 45.8 Å². The highest BCUT2D eigenvalue weighted by Gasteiger charge is 2.22. The summed E-state index contributed by atoms with van der Waals surface area (Å²) in [5.41, 5.74) is 2.42. The second-order valence-corrected chi connectivity index (χ2v) is 8.78. The van der Waals surface area contributed by atoms with Crippen LogP contribution in [0.1, 0.15) is 37.4 Å². The van der Waals surface area contributed by atoms with E-state index in [1.54, 1.807) is 36.1 Å². The monoisotopic (exact) mass is 489 g/mol. The van der Waals surface area contributed by atoms with Crippen LogP contribution in [0.2, 0.25) is 5.02 Å². The third-order valence-electron chi connectivity index (χ3n) is 5.57. The summed E-state index contributed by atoms with van der Waals surface area (Å²) in [5.74, 6) is 0.493. The zero-order valence-corrected chi connectivity index (χ0v) is 20.8. The normalized spacial score (nSPS) is 12.3. The summed E-state index contributed by atoms with van der Waals surface area (Å²) in [5, 5.41) is 15.9. The van der Waals surface area contributed by atoms with Crippen molar-refractivity contribution < 1.29 is 19.0 Å². The van der Waals surface area contributed by atoms with Crippen LogP contribution >= 0.6 is 11.6 Å². The Labute approximate surface area is 205 Å². The Balaban J connectivity index is 1.97. The van der Waals surface area contributed by atoms with E-state index in [2.05, 4.69) is 11.8 Å². The smallest absolute Gasteiger partial charge is 0.227 e. The van der Waals surface area contributed by atoms with Crippen LogP contribution in [0.4, 0.5) is 4.39 Å². The highest BCUT2D eigenvalue weighted by molar-refractivity contribution is 6.30. The van der Waals surface area contributed by atoms with Crippen LogP contribution in [0, 0.1) is 12.7 Å². The lowest BCUT2D eigenvalue weighted by Gasteiger charge is -2.25. The average molecular weight is 490 g/mol. The maximum atomic E-state index is 13.9. The fraction of sp³-hybridized carbons (Fsp3) is 0.423. The van der Waals surface area contributed by atoms with E-state index in [0.717, 1.165) is 36.2 Å². The topological polar surface area (TPSA) is 59.8 Å². The van der Waals surface area contributed by atoms with Gasteiger partial charge in [-0.05, 0) is 49.7 Å². The number of benzene rings is 2. The molecule has 6 nitrogen and oxygen atoms in total.